The second-order valence-corrected chi connectivity index (χ2v) is 6.30. The SMILES string of the molecule is COc1ccc(CNc2cc(C(=O)Nc3ccc4c(c3)OCCO4)ncn2)cc1. The zero-order chi connectivity index (χ0) is 20.1. The zero-order valence-electron chi connectivity index (χ0n) is 15.8. The van der Waals surface area contributed by atoms with Crippen LogP contribution in [0, 0.1) is 0 Å². The standard InChI is InChI=1S/C21H20N4O4/c1-27-16-5-2-14(3-6-16)12-22-20-11-17(23-13-24-20)21(26)25-15-4-7-18-19(10-15)29-9-8-28-18/h2-7,10-11,13H,8-9,12H2,1H3,(H,25,26)(H,22,23,24). The Morgan fingerprint density at radius 2 is 1.83 bits per heavy atom. The van der Waals surface area contributed by atoms with E-state index < -0.39 is 0 Å². The molecule has 0 atom stereocenters. The molecular weight excluding hydrogens is 372 g/mol. The van der Waals surface area contributed by atoms with Gasteiger partial charge in [0, 0.05) is 24.4 Å². The van der Waals surface area contributed by atoms with E-state index in [9.17, 15) is 4.79 Å². The number of nitrogens with one attached hydrogen (secondary N) is 2. The van der Waals surface area contributed by atoms with E-state index >= 15 is 0 Å². The van der Waals surface area contributed by atoms with Crippen LogP contribution in [-0.4, -0.2) is 36.2 Å². The first-order valence-corrected chi connectivity index (χ1v) is 9.11. The molecule has 3 aromatic rings. The number of methoxy groups -OCH3 is 1. The molecule has 2 heterocycles. The maximum atomic E-state index is 12.6. The van der Waals surface area contributed by atoms with Crippen LogP contribution in [0.2, 0.25) is 0 Å². The van der Waals surface area contributed by atoms with Gasteiger partial charge in [0.15, 0.2) is 11.5 Å². The Morgan fingerprint density at radius 3 is 2.62 bits per heavy atom. The molecule has 1 aliphatic rings. The molecule has 0 saturated carbocycles. The molecule has 0 radical (unpaired) electrons. The van der Waals surface area contributed by atoms with Crippen molar-refractivity contribution in [3.63, 3.8) is 0 Å². The average molecular weight is 392 g/mol. The number of aromatic nitrogens is 2. The van der Waals surface area contributed by atoms with Crippen molar-refractivity contribution in [2.45, 2.75) is 6.54 Å². The van der Waals surface area contributed by atoms with E-state index in [1.807, 2.05) is 24.3 Å². The molecule has 4 rings (SSSR count). The molecule has 1 aliphatic heterocycles. The lowest BCUT2D eigenvalue weighted by Gasteiger charge is -2.19. The average Bonchev–Trinajstić information content (AvgIpc) is 2.78. The van der Waals surface area contributed by atoms with E-state index in [4.69, 9.17) is 14.2 Å². The topological polar surface area (TPSA) is 94.6 Å². The highest BCUT2D eigenvalue weighted by atomic mass is 16.6. The lowest BCUT2D eigenvalue weighted by Crippen LogP contribution is -2.17. The van der Waals surface area contributed by atoms with Crippen molar-refractivity contribution < 1.29 is 19.0 Å². The van der Waals surface area contributed by atoms with Gasteiger partial charge in [0.2, 0.25) is 0 Å². The summed E-state index contributed by atoms with van der Waals surface area (Å²) in [7, 11) is 1.63. The first kappa shape index (κ1) is 18.5. The van der Waals surface area contributed by atoms with Crippen LogP contribution in [-0.2, 0) is 6.54 Å². The minimum Gasteiger partial charge on any atom is -0.497 e. The van der Waals surface area contributed by atoms with Crippen LogP contribution >= 0.6 is 0 Å². The van der Waals surface area contributed by atoms with Gasteiger partial charge in [-0.25, -0.2) is 9.97 Å². The quantitative estimate of drug-likeness (QED) is 0.665. The number of carbonyl (C=O) groups excluding carboxylic acids is 1. The third kappa shape index (κ3) is 4.55. The van der Waals surface area contributed by atoms with Crippen LogP contribution in [0.4, 0.5) is 11.5 Å². The largest absolute Gasteiger partial charge is 0.497 e. The Balaban J connectivity index is 1.40. The van der Waals surface area contributed by atoms with Gasteiger partial charge in [-0.3, -0.25) is 4.79 Å². The van der Waals surface area contributed by atoms with E-state index in [0.29, 0.717) is 42.8 Å². The van der Waals surface area contributed by atoms with Gasteiger partial charge in [-0.1, -0.05) is 12.1 Å². The number of rotatable bonds is 6. The fourth-order valence-electron chi connectivity index (χ4n) is 2.83. The summed E-state index contributed by atoms with van der Waals surface area (Å²) in [6, 6.07) is 14.6. The van der Waals surface area contributed by atoms with Crippen molar-refractivity contribution in [2.75, 3.05) is 31.0 Å². The maximum absolute atomic E-state index is 12.6. The van der Waals surface area contributed by atoms with Crippen molar-refractivity contribution in [3.8, 4) is 17.2 Å². The Labute approximate surface area is 167 Å². The highest BCUT2D eigenvalue weighted by molar-refractivity contribution is 6.03. The van der Waals surface area contributed by atoms with Crippen molar-refractivity contribution in [1.29, 1.82) is 0 Å². The summed E-state index contributed by atoms with van der Waals surface area (Å²) in [6.45, 7) is 1.57. The first-order chi connectivity index (χ1) is 14.2. The molecule has 2 N–H and O–H groups in total. The summed E-state index contributed by atoms with van der Waals surface area (Å²) in [5, 5.41) is 6.01. The highest BCUT2D eigenvalue weighted by Gasteiger charge is 2.14. The van der Waals surface area contributed by atoms with Gasteiger partial charge in [0.25, 0.3) is 5.91 Å². The summed E-state index contributed by atoms with van der Waals surface area (Å²) < 4.78 is 16.2. The van der Waals surface area contributed by atoms with Crippen molar-refractivity contribution in [1.82, 2.24) is 9.97 Å². The molecule has 1 amide bonds. The third-order valence-corrected chi connectivity index (χ3v) is 4.33. The van der Waals surface area contributed by atoms with Crippen LogP contribution in [0.15, 0.2) is 54.9 Å². The van der Waals surface area contributed by atoms with Gasteiger partial charge in [-0.15, -0.1) is 0 Å². The van der Waals surface area contributed by atoms with Gasteiger partial charge in [-0.2, -0.15) is 0 Å². The second-order valence-electron chi connectivity index (χ2n) is 6.30. The molecule has 0 bridgehead atoms. The number of ether oxygens (including phenoxy) is 3. The van der Waals surface area contributed by atoms with Crippen LogP contribution in [0.1, 0.15) is 16.1 Å². The molecule has 2 aromatic carbocycles. The van der Waals surface area contributed by atoms with Gasteiger partial charge < -0.3 is 24.8 Å². The van der Waals surface area contributed by atoms with Crippen LogP contribution in [0.25, 0.3) is 0 Å². The lowest BCUT2D eigenvalue weighted by molar-refractivity contribution is 0.102. The molecule has 1 aromatic heterocycles. The number of fused-ring (bicyclic) bond motifs is 1. The monoisotopic (exact) mass is 392 g/mol. The summed E-state index contributed by atoms with van der Waals surface area (Å²) >= 11 is 0. The molecule has 0 spiro atoms. The van der Waals surface area contributed by atoms with Crippen LogP contribution < -0.4 is 24.8 Å². The van der Waals surface area contributed by atoms with Gasteiger partial charge in [-0.05, 0) is 29.8 Å². The molecule has 8 heteroatoms. The Kier molecular flexibility index (Phi) is 5.42. The number of nitrogens with zero attached hydrogens (tertiary/aromatic N) is 2. The molecule has 0 saturated heterocycles. The Hall–Kier alpha value is -3.81. The minimum atomic E-state index is -0.337. The number of amides is 1. The third-order valence-electron chi connectivity index (χ3n) is 4.33. The summed E-state index contributed by atoms with van der Waals surface area (Å²) in [5.74, 6) is 2.30. The Morgan fingerprint density at radius 1 is 1.03 bits per heavy atom. The number of benzene rings is 2. The molecular formula is C21H20N4O4. The van der Waals surface area contributed by atoms with E-state index in [2.05, 4.69) is 20.6 Å². The van der Waals surface area contributed by atoms with Crippen molar-refractivity contribution in [2.24, 2.45) is 0 Å². The summed E-state index contributed by atoms with van der Waals surface area (Å²) in [5.41, 5.74) is 1.92. The van der Waals surface area contributed by atoms with Crippen molar-refractivity contribution in [3.05, 3.63) is 66.1 Å². The number of hydrogen-bond donors (Lipinski definition) is 2. The van der Waals surface area contributed by atoms with Crippen LogP contribution in [0.3, 0.4) is 0 Å². The molecule has 29 heavy (non-hydrogen) atoms. The van der Waals surface area contributed by atoms with E-state index in [1.54, 1.807) is 31.4 Å². The highest BCUT2D eigenvalue weighted by Crippen LogP contribution is 2.32. The first-order valence-electron chi connectivity index (χ1n) is 9.11. The summed E-state index contributed by atoms with van der Waals surface area (Å²) in [6.07, 6.45) is 1.36. The van der Waals surface area contributed by atoms with E-state index in [0.717, 1.165) is 11.3 Å². The molecule has 0 aliphatic carbocycles. The predicted octanol–water partition coefficient (Wildman–Crippen LogP) is 3.12. The molecule has 148 valence electrons. The van der Waals surface area contributed by atoms with Crippen molar-refractivity contribution >= 4 is 17.4 Å². The fraction of sp³-hybridized carbons (Fsp3) is 0.190. The molecule has 0 unspecified atom stereocenters. The summed E-state index contributed by atoms with van der Waals surface area (Å²) in [4.78, 5) is 20.8. The lowest BCUT2D eigenvalue weighted by atomic mass is 10.2. The number of hydrogen-bond acceptors (Lipinski definition) is 7. The van der Waals surface area contributed by atoms with Gasteiger partial charge >= 0.3 is 0 Å². The fourth-order valence-corrected chi connectivity index (χ4v) is 2.83. The normalized spacial score (nSPS) is 12.2. The second kappa shape index (κ2) is 8.47. The van der Waals surface area contributed by atoms with Gasteiger partial charge in [0.1, 0.15) is 36.8 Å². The smallest absolute Gasteiger partial charge is 0.274 e. The Bertz CT molecular complexity index is 1010. The maximum Gasteiger partial charge on any atom is 0.274 e. The minimum absolute atomic E-state index is 0.257. The zero-order valence-corrected chi connectivity index (χ0v) is 15.8. The molecule has 0 fully saturated rings. The van der Waals surface area contributed by atoms with E-state index in [1.165, 1.54) is 6.33 Å². The number of carbonyl (C=O) groups is 1. The predicted molar refractivity (Wildman–Crippen MR) is 108 cm³/mol. The van der Waals surface area contributed by atoms with Gasteiger partial charge in [0.05, 0.1) is 7.11 Å². The molecule has 8 nitrogen and oxygen atoms in total. The van der Waals surface area contributed by atoms with Crippen LogP contribution in [0.5, 0.6) is 17.2 Å². The van der Waals surface area contributed by atoms with E-state index in [-0.39, 0.29) is 11.6 Å². The number of anilines is 2.